The lowest BCUT2D eigenvalue weighted by atomic mass is 10.1. The van der Waals surface area contributed by atoms with Crippen LogP contribution in [-0.2, 0) is 0 Å². The predicted molar refractivity (Wildman–Crippen MR) is 67.1 cm³/mol. The summed E-state index contributed by atoms with van der Waals surface area (Å²) < 4.78 is 0. The smallest absolute Gasteiger partial charge is 0.0223 e. The Morgan fingerprint density at radius 2 is 1.14 bits per heavy atom. The van der Waals surface area contributed by atoms with Gasteiger partial charge in [-0.2, -0.15) is 0 Å². The summed E-state index contributed by atoms with van der Waals surface area (Å²) in [6.45, 7) is 3.73. The quantitative estimate of drug-likeness (QED) is 0.249. The molecule has 1 heteroatoms. The maximum absolute atomic E-state index is 5.60. The SMILES string of the molecule is C=CCCCCCCCCCCCCl. The standard InChI is InChI=1S/C13H25Cl/c1-2-3-4-5-6-7-8-9-10-11-12-13-14/h2H,1,3-13H2. The first kappa shape index (κ1) is 14.0. The molecule has 0 fully saturated rings. The molecule has 0 aliphatic heterocycles. The van der Waals surface area contributed by atoms with Crippen molar-refractivity contribution in [3.05, 3.63) is 12.7 Å². The lowest BCUT2D eigenvalue weighted by molar-refractivity contribution is 0.567. The van der Waals surface area contributed by atoms with Gasteiger partial charge in [0.15, 0.2) is 0 Å². The van der Waals surface area contributed by atoms with Crippen molar-refractivity contribution in [1.82, 2.24) is 0 Å². The van der Waals surface area contributed by atoms with Gasteiger partial charge in [0.2, 0.25) is 0 Å². The van der Waals surface area contributed by atoms with E-state index in [9.17, 15) is 0 Å². The van der Waals surface area contributed by atoms with Crippen LogP contribution in [0.2, 0.25) is 0 Å². The molecule has 0 aliphatic rings. The van der Waals surface area contributed by atoms with Crippen molar-refractivity contribution in [1.29, 1.82) is 0 Å². The number of hydrogen-bond donors (Lipinski definition) is 0. The summed E-state index contributed by atoms with van der Waals surface area (Å²) in [6.07, 6.45) is 15.4. The molecule has 0 saturated carbocycles. The van der Waals surface area contributed by atoms with Gasteiger partial charge in [-0.25, -0.2) is 0 Å². The first-order chi connectivity index (χ1) is 6.91. The number of rotatable bonds is 11. The minimum atomic E-state index is 0.835. The molecular formula is C13H25Cl. The molecule has 84 valence electrons. The van der Waals surface area contributed by atoms with E-state index < -0.39 is 0 Å². The topological polar surface area (TPSA) is 0 Å². The summed E-state index contributed by atoms with van der Waals surface area (Å²) in [5, 5.41) is 0. The van der Waals surface area contributed by atoms with Crippen molar-refractivity contribution in [3.63, 3.8) is 0 Å². The van der Waals surface area contributed by atoms with Gasteiger partial charge < -0.3 is 0 Å². The highest BCUT2D eigenvalue weighted by Gasteiger charge is 1.91. The summed E-state index contributed by atoms with van der Waals surface area (Å²) in [4.78, 5) is 0. The van der Waals surface area contributed by atoms with Crippen LogP contribution in [0.3, 0.4) is 0 Å². The summed E-state index contributed by atoms with van der Waals surface area (Å²) in [7, 11) is 0. The first-order valence-electron chi connectivity index (χ1n) is 6.08. The summed E-state index contributed by atoms with van der Waals surface area (Å²) in [6, 6.07) is 0. The maximum Gasteiger partial charge on any atom is 0.0223 e. The Hall–Kier alpha value is 0.0300. The third kappa shape index (κ3) is 12.0. The number of halogens is 1. The molecule has 0 N–H and O–H groups in total. The van der Waals surface area contributed by atoms with E-state index in [1.54, 1.807) is 0 Å². The Morgan fingerprint density at radius 1 is 0.714 bits per heavy atom. The molecule has 0 atom stereocenters. The molecule has 0 aromatic carbocycles. The number of hydrogen-bond acceptors (Lipinski definition) is 0. The normalized spacial score (nSPS) is 10.4. The second kappa shape index (κ2) is 13.0. The lowest BCUT2D eigenvalue weighted by Gasteiger charge is -2.00. The fourth-order valence-electron chi connectivity index (χ4n) is 1.62. The minimum absolute atomic E-state index is 0.835. The zero-order chi connectivity index (χ0) is 10.5. The predicted octanol–water partition coefficient (Wildman–Crippen LogP) is 5.31. The van der Waals surface area contributed by atoms with E-state index in [-0.39, 0.29) is 0 Å². The van der Waals surface area contributed by atoms with E-state index in [1.165, 1.54) is 64.2 Å². The molecule has 0 aliphatic carbocycles. The van der Waals surface area contributed by atoms with Gasteiger partial charge in [0, 0.05) is 5.88 Å². The molecule has 0 heterocycles. The highest BCUT2D eigenvalue weighted by molar-refractivity contribution is 6.17. The minimum Gasteiger partial charge on any atom is -0.127 e. The van der Waals surface area contributed by atoms with Crippen LogP contribution < -0.4 is 0 Å². The highest BCUT2D eigenvalue weighted by Crippen LogP contribution is 2.10. The zero-order valence-corrected chi connectivity index (χ0v) is 10.2. The third-order valence-electron chi connectivity index (χ3n) is 2.54. The van der Waals surface area contributed by atoms with Crippen LogP contribution in [0.1, 0.15) is 64.2 Å². The number of alkyl halides is 1. The zero-order valence-electron chi connectivity index (χ0n) is 9.44. The van der Waals surface area contributed by atoms with Crippen molar-refractivity contribution < 1.29 is 0 Å². The molecule has 0 bridgehead atoms. The summed E-state index contributed by atoms with van der Waals surface area (Å²) in [5.41, 5.74) is 0. The van der Waals surface area contributed by atoms with Gasteiger partial charge in [0.25, 0.3) is 0 Å². The molecule has 14 heavy (non-hydrogen) atoms. The van der Waals surface area contributed by atoms with Crippen molar-refractivity contribution in [2.45, 2.75) is 64.2 Å². The van der Waals surface area contributed by atoms with E-state index in [1.807, 2.05) is 6.08 Å². The van der Waals surface area contributed by atoms with Crippen LogP contribution in [0.25, 0.3) is 0 Å². The number of unbranched alkanes of at least 4 members (excludes halogenated alkanes) is 9. The monoisotopic (exact) mass is 216 g/mol. The molecule has 0 nitrogen and oxygen atoms in total. The van der Waals surface area contributed by atoms with Gasteiger partial charge in [-0.15, -0.1) is 18.2 Å². The van der Waals surface area contributed by atoms with Crippen LogP contribution in [0, 0.1) is 0 Å². The molecule has 0 amide bonds. The van der Waals surface area contributed by atoms with Gasteiger partial charge in [-0.05, 0) is 19.3 Å². The van der Waals surface area contributed by atoms with Gasteiger partial charge in [-0.1, -0.05) is 51.0 Å². The van der Waals surface area contributed by atoms with Gasteiger partial charge >= 0.3 is 0 Å². The molecule has 0 unspecified atom stereocenters. The second-order valence-corrected chi connectivity index (χ2v) is 4.33. The van der Waals surface area contributed by atoms with Crippen molar-refractivity contribution >= 4 is 11.6 Å². The van der Waals surface area contributed by atoms with Crippen LogP contribution in [0.15, 0.2) is 12.7 Å². The van der Waals surface area contributed by atoms with Gasteiger partial charge in [-0.3, -0.25) is 0 Å². The average Bonchev–Trinajstić information content (AvgIpc) is 2.21. The largest absolute Gasteiger partial charge is 0.127 e. The van der Waals surface area contributed by atoms with Crippen LogP contribution in [-0.4, -0.2) is 5.88 Å². The Kier molecular flexibility index (Phi) is 13.1. The molecule has 0 saturated heterocycles. The second-order valence-electron chi connectivity index (χ2n) is 3.95. The number of allylic oxidation sites excluding steroid dienone is 1. The summed E-state index contributed by atoms with van der Waals surface area (Å²) in [5.74, 6) is 0.835. The fraction of sp³-hybridized carbons (Fsp3) is 0.846. The van der Waals surface area contributed by atoms with E-state index in [0.717, 1.165) is 5.88 Å². The lowest BCUT2D eigenvalue weighted by Crippen LogP contribution is -1.82. The Bertz CT molecular complexity index is 110. The van der Waals surface area contributed by atoms with E-state index in [2.05, 4.69) is 6.58 Å². The molecule has 0 radical (unpaired) electrons. The molecule has 0 aromatic heterocycles. The van der Waals surface area contributed by atoms with Crippen molar-refractivity contribution in [3.8, 4) is 0 Å². The van der Waals surface area contributed by atoms with Gasteiger partial charge in [0.05, 0.1) is 0 Å². The Morgan fingerprint density at radius 3 is 1.57 bits per heavy atom. The van der Waals surface area contributed by atoms with E-state index >= 15 is 0 Å². The summed E-state index contributed by atoms with van der Waals surface area (Å²) >= 11 is 5.60. The fourth-order valence-corrected chi connectivity index (χ4v) is 1.81. The third-order valence-corrected chi connectivity index (χ3v) is 2.81. The maximum atomic E-state index is 5.60. The van der Waals surface area contributed by atoms with Crippen molar-refractivity contribution in [2.24, 2.45) is 0 Å². The Labute approximate surface area is 94.7 Å². The molecule has 0 aromatic rings. The molecule has 0 spiro atoms. The van der Waals surface area contributed by atoms with E-state index in [4.69, 9.17) is 11.6 Å². The highest BCUT2D eigenvalue weighted by atomic mass is 35.5. The average molecular weight is 217 g/mol. The van der Waals surface area contributed by atoms with Crippen LogP contribution in [0.5, 0.6) is 0 Å². The Balaban J connectivity index is 2.81. The van der Waals surface area contributed by atoms with E-state index in [0.29, 0.717) is 0 Å². The van der Waals surface area contributed by atoms with Crippen LogP contribution >= 0.6 is 11.6 Å². The molecular weight excluding hydrogens is 192 g/mol. The first-order valence-corrected chi connectivity index (χ1v) is 6.62. The van der Waals surface area contributed by atoms with Crippen molar-refractivity contribution in [2.75, 3.05) is 5.88 Å². The van der Waals surface area contributed by atoms with Crippen LogP contribution in [0.4, 0.5) is 0 Å². The van der Waals surface area contributed by atoms with Gasteiger partial charge in [0.1, 0.15) is 0 Å². The molecule has 0 rings (SSSR count).